The Morgan fingerprint density at radius 3 is 3.00 bits per heavy atom. The van der Waals surface area contributed by atoms with Gasteiger partial charge in [-0.1, -0.05) is 0 Å². The van der Waals surface area contributed by atoms with E-state index >= 15 is 0 Å². The normalized spacial score (nSPS) is 19.8. The van der Waals surface area contributed by atoms with Crippen molar-refractivity contribution < 1.29 is 23.8 Å². The zero-order chi connectivity index (χ0) is 13.1. The number of ether oxygens (including phenoxy) is 1. The fourth-order valence-corrected chi connectivity index (χ4v) is 1.96. The quantitative estimate of drug-likeness (QED) is 0.860. The Morgan fingerprint density at radius 2 is 2.33 bits per heavy atom. The second kappa shape index (κ2) is 5.22. The highest BCUT2D eigenvalue weighted by Crippen LogP contribution is 2.14. The molecule has 6 nitrogen and oxygen atoms in total. The minimum absolute atomic E-state index is 0.0123. The van der Waals surface area contributed by atoms with E-state index in [0.717, 1.165) is 0 Å². The molecule has 0 saturated carbocycles. The van der Waals surface area contributed by atoms with E-state index in [2.05, 4.69) is 0 Å². The van der Waals surface area contributed by atoms with Crippen LogP contribution in [-0.4, -0.2) is 47.7 Å². The molecule has 2 heterocycles. The van der Waals surface area contributed by atoms with Crippen LogP contribution in [0, 0.1) is 0 Å². The number of furan rings is 1. The maximum absolute atomic E-state index is 12.0. The smallest absolute Gasteiger partial charge is 0.339 e. The molecule has 0 radical (unpaired) electrons. The summed E-state index contributed by atoms with van der Waals surface area (Å²) >= 11 is 0. The second-order valence-electron chi connectivity index (χ2n) is 4.26. The van der Waals surface area contributed by atoms with Crippen LogP contribution in [0.3, 0.4) is 0 Å². The van der Waals surface area contributed by atoms with E-state index in [1.165, 1.54) is 12.3 Å². The van der Waals surface area contributed by atoms with Crippen molar-refractivity contribution in [3.8, 4) is 0 Å². The van der Waals surface area contributed by atoms with Crippen LogP contribution in [0.5, 0.6) is 0 Å². The van der Waals surface area contributed by atoms with Crippen LogP contribution in [-0.2, 0) is 16.0 Å². The molecule has 1 saturated heterocycles. The number of rotatable bonds is 3. The first-order chi connectivity index (χ1) is 8.58. The number of nitrogens with zero attached hydrogens (tertiary/aromatic N) is 1. The van der Waals surface area contributed by atoms with Crippen molar-refractivity contribution in [3.05, 3.63) is 23.7 Å². The molecule has 0 aliphatic carbocycles. The third kappa shape index (κ3) is 2.70. The number of carboxylic acids is 1. The van der Waals surface area contributed by atoms with Gasteiger partial charge in [0.15, 0.2) is 0 Å². The van der Waals surface area contributed by atoms with Crippen LogP contribution < -0.4 is 0 Å². The monoisotopic (exact) mass is 253 g/mol. The van der Waals surface area contributed by atoms with Gasteiger partial charge in [0, 0.05) is 13.1 Å². The van der Waals surface area contributed by atoms with Gasteiger partial charge in [-0.2, -0.15) is 0 Å². The Labute approximate surface area is 104 Å². The number of amides is 1. The topological polar surface area (TPSA) is 80.0 Å². The van der Waals surface area contributed by atoms with Gasteiger partial charge in [-0.05, 0) is 13.0 Å². The van der Waals surface area contributed by atoms with Gasteiger partial charge in [0.2, 0.25) is 5.91 Å². The van der Waals surface area contributed by atoms with Crippen molar-refractivity contribution in [2.24, 2.45) is 0 Å². The Balaban J connectivity index is 2.02. The second-order valence-corrected chi connectivity index (χ2v) is 4.26. The number of morpholine rings is 1. The predicted octanol–water partition coefficient (Wildman–Crippen LogP) is 0.768. The van der Waals surface area contributed by atoms with Gasteiger partial charge in [0.05, 0.1) is 25.4 Å². The number of carbonyl (C=O) groups excluding carboxylic acids is 1. The molecule has 6 heteroatoms. The van der Waals surface area contributed by atoms with E-state index in [4.69, 9.17) is 14.3 Å². The molecule has 1 aromatic heterocycles. The van der Waals surface area contributed by atoms with Gasteiger partial charge >= 0.3 is 5.97 Å². The zero-order valence-corrected chi connectivity index (χ0v) is 10.1. The first-order valence-corrected chi connectivity index (χ1v) is 5.77. The van der Waals surface area contributed by atoms with Crippen molar-refractivity contribution in [1.29, 1.82) is 0 Å². The number of hydrogen-bond donors (Lipinski definition) is 1. The molecule has 1 fully saturated rings. The van der Waals surface area contributed by atoms with Crippen molar-refractivity contribution >= 4 is 11.9 Å². The Hall–Kier alpha value is -1.82. The third-order valence-corrected chi connectivity index (χ3v) is 2.88. The first-order valence-electron chi connectivity index (χ1n) is 5.77. The molecule has 1 aliphatic rings. The van der Waals surface area contributed by atoms with Gasteiger partial charge in [-0.15, -0.1) is 0 Å². The van der Waals surface area contributed by atoms with Crippen LogP contribution in [0.15, 0.2) is 16.7 Å². The van der Waals surface area contributed by atoms with E-state index in [-0.39, 0.29) is 29.8 Å². The molecule has 1 atom stereocenters. The van der Waals surface area contributed by atoms with Crippen molar-refractivity contribution in [3.63, 3.8) is 0 Å². The Morgan fingerprint density at radius 1 is 1.56 bits per heavy atom. The third-order valence-electron chi connectivity index (χ3n) is 2.88. The Bertz CT molecular complexity index is 453. The molecule has 1 unspecified atom stereocenters. The summed E-state index contributed by atoms with van der Waals surface area (Å²) < 4.78 is 10.4. The van der Waals surface area contributed by atoms with Crippen LogP contribution in [0.25, 0.3) is 0 Å². The standard InChI is InChI=1S/C12H15NO5/c1-8-7-13(3-5-17-8)11(14)6-10-9(12(15)16)2-4-18-10/h2,4,8H,3,5-7H2,1H3,(H,15,16). The highest BCUT2D eigenvalue weighted by atomic mass is 16.5. The summed E-state index contributed by atoms with van der Waals surface area (Å²) in [4.78, 5) is 24.6. The lowest BCUT2D eigenvalue weighted by molar-refractivity contribution is -0.137. The first kappa shape index (κ1) is 12.6. The molecule has 0 spiro atoms. The lowest BCUT2D eigenvalue weighted by Crippen LogP contribution is -2.45. The van der Waals surface area contributed by atoms with Gasteiger partial charge in [-0.25, -0.2) is 4.79 Å². The number of carboxylic acid groups (broad SMARTS) is 1. The van der Waals surface area contributed by atoms with Crippen molar-refractivity contribution in [1.82, 2.24) is 4.90 Å². The summed E-state index contributed by atoms with van der Waals surface area (Å²) in [5, 5.41) is 8.91. The molecule has 2 rings (SSSR count). The average Bonchev–Trinajstić information content (AvgIpc) is 2.77. The van der Waals surface area contributed by atoms with Gasteiger partial charge in [-0.3, -0.25) is 4.79 Å². The highest BCUT2D eigenvalue weighted by molar-refractivity contribution is 5.90. The number of carbonyl (C=O) groups is 2. The van der Waals surface area contributed by atoms with Crippen molar-refractivity contribution in [2.75, 3.05) is 19.7 Å². The number of aromatic carboxylic acids is 1. The molecule has 1 amide bonds. The molecule has 1 aliphatic heterocycles. The minimum atomic E-state index is -1.08. The summed E-state index contributed by atoms with van der Waals surface area (Å²) in [6.45, 7) is 3.47. The fraction of sp³-hybridized carbons (Fsp3) is 0.500. The van der Waals surface area contributed by atoms with E-state index < -0.39 is 5.97 Å². The summed E-state index contributed by atoms with van der Waals surface area (Å²) in [5.74, 6) is -1.02. The van der Waals surface area contributed by atoms with Crippen molar-refractivity contribution in [2.45, 2.75) is 19.4 Å². The molecular formula is C12H15NO5. The zero-order valence-electron chi connectivity index (χ0n) is 10.1. The molecular weight excluding hydrogens is 238 g/mol. The SMILES string of the molecule is CC1CN(C(=O)Cc2occc2C(=O)O)CCO1. The summed E-state index contributed by atoms with van der Waals surface area (Å²) in [6, 6.07) is 1.35. The van der Waals surface area contributed by atoms with Gasteiger partial charge in [0.25, 0.3) is 0 Å². The number of hydrogen-bond acceptors (Lipinski definition) is 4. The van der Waals surface area contributed by atoms with Gasteiger partial charge in [0.1, 0.15) is 11.3 Å². The Kier molecular flexibility index (Phi) is 3.66. The van der Waals surface area contributed by atoms with E-state index in [9.17, 15) is 9.59 Å². The molecule has 98 valence electrons. The van der Waals surface area contributed by atoms with Crippen LogP contribution in [0.1, 0.15) is 23.0 Å². The molecule has 1 aromatic rings. The van der Waals surface area contributed by atoms with E-state index in [1.807, 2.05) is 6.92 Å². The lowest BCUT2D eigenvalue weighted by Gasteiger charge is -2.31. The molecule has 0 bridgehead atoms. The molecule has 0 aromatic carbocycles. The maximum Gasteiger partial charge on any atom is 0.339 e. The van der Waals surface area contributed by atoms with E-state index in [0.29, 0.717) is 19.7 Å². The average molecular weight is 253 g/mol. The summed E-state index contributed by atoms with van der Waals surface area (Å²) in [6.07, 6.45) is 1.27. The summed E-state index contributed by atoms with van der Waals surface area (Å²) in [5.41, 5.74) is 0.0460. The fourth-order valence-electron chi connectivity index (χ4n) is 1.96. The molecule has 1 N–H and O–H groups in total. The van der Waals surface area contributed by atoms with Crippen LogP contribution in [0.4, 0.5) is 0 Å². The predicted molar refractivity (Wildman–Crippen MR) is 61.4 cm³/mol. The summed E-state index contributed by atoms with van der Waals surface area (Å²) in [7, 11) is 0. The van der Waals surface area contributed by atoms with Crippen LogP contribution in [0.2, 0.25) is 0 Å². The maximum atomic E-state index is 12.0. The van der Waals surface area contributed by atoms with E-state index in [1.54, 1.807) is 4.90 Å². The van der Waals surface area contributed by atoms with Crippen LogP contribution >= 0.6 is 0 Å². The largest absolute Gasteiger partial charge is 0.478 e. The minimum Gasteiger partial charge on any atom is -0.478 e. The lowest BCUT2D eigenvalue weighted by atomic mass is 10.2. The highest BCUT2D eigenvalue weighted by Gasteiger charge is 2.24. The molecule has 18 heavy (non-hydrogen) atoms. The van der Waals surface area contributed by atoms with Gasteiger partial charge < -0.3 is 19.2 Å².